The Balaban J connectivity index is 1.49. The molecule has 1 N–H and O–H groups in total. The minimum absolute atomic E-state index is 0.0253. The lowest BCUT2D eigenvalue weighted by atomic mass is 10.1. The van der Waals surface area contributed by atoms with E-state index in [-0.39, 0.29) is 5.91 Å². The van der Waals surface area contributed by atoms with Gasteiger partial charge in [-0.3, -0.25) is 4.79 Å². The number of carbonyl (C=O) groups is 1. The van der Waals surface area contributed by atoms with Gasteiger partial charge in [0.1, 0.15) is 5.69 Å². The predicted molar refractivity (Wildman–Crippen MR) is 105 cm³/mol. The van der Waals surface area contributed by atoms with Crippen molar-refractivity contribution in [2.75, 3.05) is 6.54 Å². The quantitative estimate of drug-likeness (QED) is 0.635. The lowest BCUT2D eigenvalue weighted by Crippen LogP contribution is -2.28. The van der Waals surface area contributed by atoms with Crippen LogP contribution in [0.2, 0.25) is 5.02 Å². The summed E-state index contributed by atoms with van der Waals surface area (Å²) < 4.78 is 3.47. The van der Waals surface area contributed by atoms with Gasteiger partial charge >= 0.3 is 0 Å². The van der Waals surface area contributed by atoms with Crippen LogP contribution in [-0.4, -0.2) is 17.0 Å². The maximum absolute atomic E-state index is 12.8. The van der Waals surface area contributed by atoms with E-state index in [0.29, 0.717) is 12.6 Å². The van der Waals surface area contributed by atoms with E-state index in [1.807, 2.05) is 30.3 Å². The number of carbonyl (C=O) groups excluding carboxylic acids is 1. The largest absolute Gasteiger partial charge is 0.350 e. The molecule has 0 aliphatic heterocycles. The standard InChI is InChI=1S/C20H21ClN2OS/c21-15-5-3-4-14(12-15)8-10-22-20(24)18-13-19-17(9-11-25-19)23(18)16-6-1-2-7-16/h3-5,9,11-13,16H,1-2,6-8,10H2,(H,22,24). The molecule has 25 heavy (non-hydrogen) atoms. The fourth-order valence-electron chi connectivity index (χ4n) is 3.78. The summed E-state index contributed by atoms with van der Waals surface area (Å²) in [7, 11) is 0. The first-order valence-electron chi connectivity index (χ1n) is 8.83. The highest BCUT2D eigenvalue weighted by atomic mass is 35.5. The van der Waals surface area contributed by atoms with Crippen LogP contribution < -0.4 is 5.32 Å². The zero-order valence-electron chi connectivity index (χ0n) is 14.0. The molecule has 0 unspecified atom stereocenters. The predicted octanol–water partition coefficient (Wildman–Crippen LogP) is 5.44. The number of nitrogens with zero attached hydrogens (tertiary/aromatic N) is 1. The Morgan fingerprint density at radius 1 is 1.24 bits per heavy atom. The van der Waals surface area contributed by atoms with Gasteiger partial charge in [0.15, 0.2) is 0 Å². The highest BCUT2D eigenvalue weighted by molar-refractivity contribution is 7.17. The number of thiophene rings is 1. The Kier molecular flexibility index (Phi) is 4.82. The minimum Gasteiger partial charge on any atom is -0.350 e. The molecule has 0 bridgehead atoms. The molecule has 1 aromatic carbocycles. The molecule has 0 atom stereocenters. The van der Waals surface area contributed by atoms with Gasteiger partial charge in [-0.2, -0.15) is 0 Å². The Morgan fingerprint density at radius 2 is 2.08 bits per heavy atom. The van der Waals surface area contributed by atoms with Crippen molar-refractivity contribution in [2.24, 2.45) is 0 Å². The first-order chi connectivity index (χ1) is 12.2. The number of nitrogens with one attached hydrogen (secondary N) is 1. The van der Waals surface area contributed by atoms with Crippen LogP contribution in [0.15, 0.2) is 41.8 Å². The average Bonchev–Trinajstić information content (AvgIpc) is 3.31. The van der Waals surface area contributed by atoms with E-state index in [4.69, 9.17) is 11.6 Å². The Hall–Kier alpha value is -1.78. The van der Waals surface area contributed by atoms with Gasteiger partial charge in [0, 0.05) is 17.6 Å². The van der Waals surface area contributed by atoms with Gasteiger partial charge in [0.2, 0.25) is 0 Å². The van der Waals surface area contributed by atoms with Crippen LogP contribution in [0.3, 0.4) is 0 Å². The lowest BCUT2D eigenvalue weighted by molar-refractivity contribution is 0.0943. The van der Waals surface area contributed by atoms with Crippen molar-refractivity contribution in [3.8, 4) is 0 Å². The maximum Gasteiger partial charge on any atom is 0.267 e. The maximum atomic E-state index is 12.8. The molecule has 1 fully saturated rings. The summed E-state index contributed by atoms with van der Waals surface area (Å²) in [6.07, 6.45) is 5.63. The van der Waals surface area contributed by atoms with Crippen LogP contribution in [0.1, 0.15) is 47.8 Å². The van der Waals surface area contributed by atoms with Crippen molar-refractivity contribution in [2.45, 2.75) is 38.1 Å². The van der Waals surface area contributed by atoms with Crippen molar-refractivity contribution in [3.05, 3.63) is 58.1 Å². The molecule has 0 spiro atoms. The Morgan fingerprint density at radius 3 is 2.88 bits per heavy atom. The van der Waals surface area contributed by atoms with Gasteiger partial charge in [-0.15, -0.1) is 11.3 Å². The summed E-state index contributed by atoms with van der Waals surface area (Å²) in [6, 6.07) is 12.4. The highest BCUT2D eigenvalue weighted by Gasteiger charge is 2.24. The summed E-state index contributed by atoms with van der Waals surface area (Å²) in [5.41, 5.74) is 3.15. The van der Waals surface area contributed by atoms with Gasteiger partial charge < -0.3 is 9.88 Å². The Labute approximate surface area is 156 Å². The summed E-state index contributed by atoms with van der Waals surface area (Å²) in [4.78, 5) is 12.8. The molecule has 3 nitrogen and oxygen atoms in total. The van der Waals surface area contributed by atoms with Crippen molar-refractivity contribution in [1.29, 1.82) is 0 Å². The number of benzene rings is 1. The summed E-state index contributed by atoms with van der Waals surface area (Å²) in [5.74, 6) is 0.0253. The van der Waals surface area contributed by atoms with E-state index in [1.54, 1.807) is 11.3 Å². The molecule has 130 valence electrons. The molecule has 5 heteroatoms. The topological polar surface area (TPSA) is 34.0 Å². The van der Waals surface area contributed by atoms with E-state index in [1.165, 1.54) is 35.9 Å². The van der Waals surface area contributed by atoms with E-state index in [9.17, 15) is 4.79 Å². The number of fused-ring (bicyclic) bond motifs is 1. The van der Waals surface area contributed by atoms with Crippen molar-refractivity contribution >= 4 is 39.1 Å². The number of amides is 1. The number of aromatic nitrogens is 1. The SMILES string of the molecule is O=C(NCCc1cccc(Cl)c1)c1cc2sccc2n1C1CCCC1. The highest BCUT2D eigenvalue weighted by Crippen LogP contribution is 2.36. The lowest BCUT2D eigenvalue weighted by Gasteiger charge is -2.17. The second-order valence-corrected chi connectivity index (χ2v) is 8.03. The normalized spacial score (nSPS) is 15.1. The molecule has 1 amide bonds. The van der Waals surface area contributed by atoms with Gasteiger partial charge in [-0.05, 0) is 54.5 Å². The molecule has 3 aromatic rings. The molecular weight excluding hydrogens is 352 g/mol. The summed E-state index contributed by atoms with van der Waals surface area (Å²) in [6.45, 7) is 0.614. The van der Waals surface area contributed by atoms with E-state index >= 15 is 0 Å². The fourth-order valence-corrected chi connectivity index (χ4v) is 4.80. The fraction of sp³-hybridized carbons (Fsp3) is 0.350. The third kappa shape index (κ3) is 3.46. The number of halogens is 1. The molecule has 1 saturated carbocycles. The molecule has 2 heterocycles. The molecule has 1 aliphatic carbocycles. The average molecular weight is 373 g/mol. The van der Waals surface area contributed by atoms with Crippen LogP contribution in [0, 0.1) is 0 Å². The van der Waals surface area contributed by atoms with E-state index in [2.05, 4.69) is 21.3 Å². The van der Waals surface area contributed by atoms with Crippen LogP contribution in [-0.2, 0) is 6.42 Å². The molecule has 0 radical (unpaired) electrons. The molecule has 4 rings (SSSR count). The first kappa shape index (κ1) is 16.7. The Bertz CT molecular complexity index is 892. The molecule has 1 aliphatic rings. The zero-order chi connectivity index (χ0) is 17.2. The van der Waals surface area contributed by atoms with E-state index < -0.39 is 0 Å². The minimum atomic E-state index is 0.0253. The summed E-state index contributed by atoms with van der Waals surface area (Å²) >= 11 is 7.72. The van der Waals surface area contributed by atoms with Gasteiger partial charge in [0.05, 0.1) is 10.2 Å². The first-order valence-corrected chi connectivity index (χ1v) is 10.1. The van der Waals surface area contributed by atoms with Gasteiger partial charge in [-0.1, -0.05) is 36.6 Å². The smallest absolute Gasteiger partial charge is 0.267 e. The van der Waals surface area contributed by atoms with Crippen molar-refractivity contribution in [1.82, 2.24) is 9.88 Å². The second kappa shape index (κ2) is 7.22. The third-order valence-corrected chi connectivity index (χ3v) is 6.06. The van der Waals surface area contributed by atoms with Gasteiger partial charge in [-0.25, -0.2) is 0 Å². The van der Waals surface area contributed by atoms with E-state index in [0.717, 1.165) is 22.7 Å². The number of hydrogen-bond donors (Lipinski definition) is 1. The summed E-state index contributed by atoms with van der Waals surface area (Å²) in [5, 5.41) is 5.93. The second-order valence-electron chi connectivity index (χ2n) is 6.64. The monoisotopic (exact) mass is 372 g/mol. The van der Waals surface area contributed by atoms with Crippen LogP contribution in [0.5, 0.6) is 0 Å². The molecular formula is C20H21ClN2OS. The van der Waals surface area contributed by atoms with Crippen LogP contribution in [0.4, 0.5) is 0 Å². The number of hydrogen-bond acceptors (Lipinski definition) is 2. The number of rotatable bonds is 5. The molecule has 2 aromatic heterocycles. The molecule has 0 saturated heterocycles. The van der Waals surface area contributed by atoms with Crippen molar-refractivity contribution < 1.29 is 4.79 Å². The third-order valence-electron chi connectivity index (χ3n) is 4.97. The zero-order valence-corrected chi connectivity index (χ0v) is 15.6. The van der Waals surface area contributed by atoms with Gasteiger partial charge in [0.25, 0.3) is 5.91 Å². The van der Waals surface area contributed by atoms with Crippen LogP contribution >= 0.6 is 22.9 Å². The van der Waals surface area contributed by atoms with Crippen molar-refractivity contribution in [3.63, 3.8) is 0 Å². The van der Waals surface area contributed by atoms with Crippen LogP contribution in [0.25, 0.3) is 10.2 Å².